The number of carbonyl (C=O) groups is 1. The predicted octanol–water partition coefficient (Wildman–Crippen LogP) is 2.40. The van der Waals surface area contributed by atoms with E-state index in [1.54, 1.807) is 11.8 Å². The highest BCUT2D eigenvalue weighted by molar-refractivity contribution is 7.99. The summed E-state index contributed by atoms with van der Waals surface area (Å²) in [5.74, 6) is 0.856. The quantitative estimate of drug-likeness (QED) is 0.769. The third kappa shape index (κ3) is 4.65. The van der Waals surface area contributed by atoms with Gasteiger partial charge in [0.2, 0.25) is 0 Å². The molecule has 0 spiro atoms. The van der Waals surface area contributed by atoms with Crippen LogP contribution in [0.3, 0.4) is 0 Å². The number of thioether (sulfide) groups is 1. The van der Waals surface area contributed by atoms with Crippen molar-refractivity contribution in [3.05, 3.63) is 29.6 Å². The summed E-state index contributed by atoms with van der Waals surface area (Å²) in [6.45, 7) is 2.61. The van der Waals surface area contributed by atoms with E-state index in [2.05, 4.69) is 12.2 Å². The number of carbonyl (C=O) groups excluding carboxylic acids is 1. The fraction of sp³-hybridized carbons (Fsp3) is 0.417. The Balaban J connectivity index is 2.44. The highest BCUT2D eigenvalue weighted by Crippen LogP contribution is 2.17. The van der Waals surface area contributed by atoms with Crippen LogP contribution in [-0.2, 0) is 0 Å². The molecule has 0 aliphatic carbocycles. The zero-order valence-corrected chi connectivity index (χ0v) is 10.5. The molecule has 2 N–H and O–H groups in total. The highest BCUT2D eigenvalue weighted by Gasteiger charge is 2.11. The lowest BCUT2D eigenvalue weighted by molar-refractivity contribution is 0.0950. The first-order valence-electron chi connectivity index (χ1n) is 5.49. The molecule has 1 rings (SSSR count). The lowest BCUT2D eigenvalue weighted by Gasteiger charge is -2.06. The van der Waals surface area contributed by atoms with Gasteiger partial charge in [-0.05, 0) is 36.1 Å². The Labute approximate surface area is 104 Å². The van der Waals surface area contributed by atoms with Gasteiger partial charge in [0.1, 0.15) is 11.6 Å². The van der Waals surface area contributed by atoms with E-state index in [-0.39, 0.29) is 11.3 Å². The molecule has 17 heavy (non-hydrogen) atoms. The van der Waals surface area contributed by atoms with Crippen molar-refractivity contribution in [2.75, 3.05) is 18.1 Å². The zero-order chi connectivity index (χ0) is 12.7. The number of phenolic OH excluding ortho intramolecular Hbond substituents is 1. The number of benzene rings is 1. The maximum Gasteiger partial charge on any atom is 0.255 e. The number of hydrogen-bond acceptors (Lipinski definition) is 3. The number of phenols is 1. The molecule has 5 heteroatoms. The van der Waals surface area contributed by atoms with Crippen molar-refractivity contribution < 1.29 is 14.3 Å². The fourth-order valence-corrected chi connectivity index (χ4v) is 1.94. The summed E-state index contributed by atoms with van der Waals surface area (Å²) in [5.41, 5.74) is -0.0202. The molecule has 1 aromatic carbocycles. The molecule has 0 heterocycles. The van der Waals surface area contributed by atoms with Crippen LogP contribution in [-0.4, -0.2) is 29.1 Å². The number of nitrogens with one attached hydrogen (secondary N) is 1. The minimum Gasteiger partial charge on any atom is -0.507 e. The molecular formula is C12H16FNO2S. The van der Waals surface area contributed by atoms with Crippen molar-refractivity contribution in [1.29, 1.82) is 0 Å². The first-order valence-corrected chi connectivity index (χ1v) is 6.65. The van der Waals surface area contributed by atoms with Crippen molar-refractivity contribution in [1.82, 2.24) is 5.32 Å². The summed E-state index contributed by atoms with van der Waals surface area (Å²) >= 11 is 1.80. The molecule has 1 amide bonds. The van der Waals surface area contributed by atoms with Gasteiger partial charge in [0.05, 0.1) is 5.56 Å². The summed E-state index contributed by atoms with van der Waals surface area (Å²) in [5, 5.41) is 12.1. The largest absolute Gasteiger partial charge is 0.507 e. The van der Waals surface area contributed by atoms with Gasteiger partial charge in [-0.25, -0.2) is 4.39 Å². The van der Waals surface area contributed by atoms with E-state index in [4.69, 9.17) is 0 Å². The Morgan fingerprint density at radius 3 is 3.00 bits per heavy atom. The maximum absolute atomic E-state index is 12.9. The minimum absolute atomic E-state index is 0.0202. The Bertz CT molecular complexity index is 385. The first-order chi connectivity index (χ1) is 8.15. The minimum atomic E-state index is -0.533. The number of amides is 1. The van der Waals surface area contributed by atoms with E-state index in [0.717, 1.165) is 30.1 Å². The van der Waals surface area contributed by atoms with Crippen LogP contribution in [0.2, 0.25) is 0 Å². The molecule has 3 nitrogen and oxygen atoms in total. The van der Waals surface area contributed by atoms with Gasteiger partial charge in [-0.1, -0.05) is 6.92 Å². The molecule has 0 radical (unpaired) electrons. The molecule has 0 aromatic heterocycles. The standard InChI is InChI=1S/C12H16FNO2S/c1-2-17-7-3-6-14-12(16)10-8-9(13)4-5-11(10)15/h4-5,8,15H,2-3,6-7H2,1H3,(H,14,16). The van der Waals surface area contributed by atoms with Gasteiger partial charge in [0, 0.05) is 6.54 Å². The SMILES string of the molecule is CCSCCCNC(=O)c1cc(F)ccc1O. The van der Waals surface area contributed by atoms with Crippen molar-refractivity contribution in [3.63, 3.8) is 0 Å². The number of rotatable bonds is 6. The monoisotopic (exact) mass is 257 g/mol. The molecule has 0 saturated heterocycles. The number of hydrogen-bond donors (Lipinski definition) is 2. The lowest BCUT2D eigenvalue weighted by atomic mass is 10.2. The maximum atomic E-state index is 12.9. The summed E-state index contributed by atoms with van der Waals surface area (Å²) in [6.07, 6.45) is 0.861. The third-order valence-electron chi connectivity index (χ3n) is 2.16. The Morgan fingerprint density at radius 2 is 2.29 bits per heavy atom. The third-order valence-corrected chi connectivity index (χ3v) is 3.14. The number of halogens is 1. The molecular weight excluding hydrogens is 241 g/mol. The first kappa shape index (κ1) is 13.8. The van der Waals surface area contributed by atoms with Crippen molar-refractivity contribution in [3.8, 4) is 5.75 Å². The second-order valence-electron chi connectivity index (χ2n) is 3.47. The lowest BCUT2D eigenvalue weighted by Crippen LogP contribution is -2.25. The van der Waals surface area contributed by atoms with Crippen LogP contribution in [0.1, 0.15) is 23.7 Å². The highest BCUT2D eigenvalue weighted by atomic mass is 32.2. The van der Waals surface area contributed by atoms with Crippen molar-refractivity contribution >= 4 is 17.7 Å². The van der Waals surface area contributed by atoms with Crippen LogP contribution in [0.25, 0.3) is 0 Å². The van der Waals surface area contributed by atoms with Gasteiger partial charge in [-0.15, -0.1) is 0 Å². The van der Waals surface area contributed by atoms with Crippen LogP contribution in [0.15, 0.2) is 18.2 Å². The molecule has 0 atom stereocenters. The Hall–Kier alpha value is -1.23. The van der Waals surface area contributed by atoms with Crippen LogP contribution >= 0.6 is 11.8 Å². The molecule has 0 aliphatic heterocycles. The topological polar surface area (TPSA) is 49.3 Å². The Morgan fingerprint density at radius 1 is 1.53 bits per heavy atom. The molecule has 0 saturated carbocycles. The van der Waals surface area contributed by atoms with Gasteiger partial charge >= 0.3 is 0 Å². The predicted molar refractivity (Wildman–Crippen MR) is 68.0 cm³/mol. The van der Waals surface area contributed by atoms with E-state index >= 15 is 0 Å². The van der Waals surface area contributed by atoms with E-state index in [9.17, 15) is 14.3 Å². The summed E-state index contributed by atoms with van der Waals surface area (Å²) in [4.78, 5) is 11.6. The normalized spacial score (nSPS) is 10.2. The summed E-state index contributed by atoms with van der Waals surface area (Å²) in [6, 6.07) is 3.33. The second-order valence-corrected chi connectivity index (χ2v) is 4.86. The molecule has 94 valence electrons. The van der Waals surface area contributed by atoms with E-state index in [1.807, 2.05) is 0 Å². The van der Waals surface area contributed by atoms with Gasteiger partial charge in [0.25, 0.3) is 5.91 Å². The van der Waals surface area contributed by atoms with Gasteiger partial charge in [-0.2, -0.15) is 11.8 Å². The molecule has 0 fully saturated rings. The smallest absolute Gasteiger partial charge is 0.255 e. The van der Waals surface area contributed by atoms with Crippen LogP contribution in [0.5, 0.6) is 5.75 Å². The van der Waals surface area contributed by atoms with Crippen molar-refractivity contribution in [2.45, 2.75) is 13.3 Å². The summed E-state index contributed by atoms with van der Waals surface area (Å²) in [7, 11) is 0. The molecule has 0 aliphatic rings. The van der Waals surface area contributed by atoms with Gasteiger partial charge < -0.3 is 10.4 Å². The van der Waals surface area contributed by atoms with Crippen LogP contribution < -0.4 is 5.32 Å². The molecule has 0 unspecified atom stereocenters. The molecule has 0 bridgehead atoms. The second kappa shape index (κ2) is 7.17. The van der Waals surface area contributed by atoms with E-state index in [1.165, 1.54) is 6.07 Å². The van der Waals surface area contributed by atoms with Gasteiger partial charge in [0.15, 0.2) is 0 Å². The van der Waals surface area contributed by atoms with Crippen LogP contribution in [0, 0.1) is 5.82 Å². The Kier molecular flexibility index (Phi) is 5.83. The van der Waals surface area contributed by atoms with E-state index in [0.29, 0.717) is 6.54 Å². The van der Waals surface area contributed by atoms with Gasteiger partial charge in [-0.3, -0.25) is 4.79 Å². The van der Waals surface area contributed by atoms with E-state index < -0.39 is 11.7 Å². The van der Waals surface area contributed by atoms with Crippen molar-refractivity contribution in [2.24, 2.45) is 0 Å². The fourth-order valence-electron chi connectivity index (χ4n) is 1.31. The number of aromatic hydroxyl groups is 1. The summed E-state index contributed by atoms with van der Waals surface area (Å²) < 4.78 is 12.9. The zero-order valence-electron chi connectivity index (χ0n) is 9.70. The average Bonchev–Trinajstić information content (AvgIpc) is 2.32. The average molecular weight is 257 g/mol. The molecule has 1 aromatic rings. The van der Waals surface area contributed by atoms with Crippen LogP contribution in [0.4, 0.5) is 4.39 Å².